The van der Waals surface area contributed by atoms with E-state index in [4.69, 9.17) is 5.26 Å². The number of rotatable bonds is 2. The fraction of sp³-hybridized carbons (Fsp3) is 0.267. The minimum absolute atomic E-state index is 0.180. The van der Waals surface area contributed by atoms with Gasteiger partial charge in [0, 0.05) is 6.20 Å². The van der Waals surface area contributed by atoms with E-state index in [1.807, 2.05) is 0 Å². The Bertz CT molecular complexity index is 664. The molecular weight excluding hydrogens is 322 g/mol. The molecule has 8 heteroatoms. The normalized spacial score (nSPS) is 19.0. The zero-order valence-corrected chi connectivity index (χ0v) is 11.5. The van der Waals surface area contributed by atoms with Crippen LogP contribution in [0.4, 0.5) is 26.3 Å². The molecule has 1 aromatic rings. The second-order valence-electron chi connectivity index (χ2n) is 4.85. The molecule has 1 atom stereocenters. The number of nitrogens with zero attached hydrogens (tertiary/aromatic N) is 2. The van der Waals surface area contributed by atoms with Gasteiger partial charge in [-0.05, 0) is 11.6 Å². The van der Waals surface area contributed by atoms with Crippen LogP contribution in [0.25, 0.3) is 0 Å². The smallest absolute Gasteiger partial charge is 0.357 e. The maximum atomic E-state index is 13.0. The summed E-state index contributed by atoms with van der Waals surface area (Å²) in [5.74, 6) is 0. The maximum absolute atomic E-state index is 13.0. The van der Waals surface area contributed by atoms with Crippen molar-refractivity contribution in [3.63, 3.8) is 0 Å². The van der Waals surface area contributed by atoms with E-state index in [-0.39, 0.29) is 5.56 Å². The van der Waals surface area contributed by atoms with Gasteiger partial charge in [0.15, 0.2) is 0 Å². The number of nitriles is 1. The SMILES string of the molecule is N#CC1=C(C(F)(F)F)C=CN(CC(F)(F)F)C1c1ccccc1. The van der Waals surface area contributed by atoms with Gasteiger partial charge in [-0.3, -0.25) is 0 Å². The summed E-state index contributed by atoms with van der Waals surface area (Å²) in [6.07, 6.45) is -8.20. The summed E-state index contributed by atoms with van der Waals surface area (Å²) < 4.78 is 77.2. The van der Waals surface area contributed by atoms with Crippen molar-refractivity contribution in [3.8, 4) is 6.07 Å². The fourth-order valence-corrected chi connectivity index (χ4v) is 2.37. The second kappa shape index (κ2) is 5.99. The molecule has 0 N–H and O–H groups in total. The highest BCUT2D eigenvalue weighted by atomic mass is 19.4. The molecule has 0 saturated carbocycles. The average molecular weight is 332 g/mol. The Labute approximate surface area is 127 Å². The minimum atomic E-state index is -4.82. The number of halogens is 6. The molecule has 0 fully saturated rings. The van der Waals surface area contributed by atoms with E-state index in [1.54, 1.807) is 6.07 Å². The largest absolute Gasteiger partial charge is 0.417 e. The van der Waals surface area contributed by atoms with E-state index in [9.17, 15) is 26.3 Å². The Balaban J connectivity index is 2.57. The first-order chi connectivity index (χ1) is 10.6. The standard InChI is InChI=1S/C15H10F6N2/c16-14(17,18)9-23-7-6-12(15(19,20)21)11(8-22)13(23)10-4-2-1-3-5-10/h1-7,13H,9H2. The molecule has 2 rings (SSSR count). The van der Waals surface area contributed by atoms with Crippen LogP contribution in [0.2, 0.25) is 0 Å². The van der Waals surface area contributed by atoms with Crippen LogP contribution in [-0.2, 0) is 0 Å². The van der Waals surface area contributed by atoms with Crippen LogP contribution in [0.1, 0.15) is 11.6 Å². The first-order valence-corrected chi connectivity index (χ1v) is 6.40. The molecule has 0 spiro atoms. The highest BCUT2D eigenvalue weighted by Crippen LogP contribution is 2.41. The quantitative estimate of drug-likeness (QED) is 0.746. The summed E-state index contributed by atoms with van der Waals surface area (Å²) in [6.45, 7) is -1.46. The monoisotopic (exact) mass is 332 g/mol. The van der Waals surface area contributed by atoms with Gasteiger partial charge >= 0.3 is 12.4 Å². The summed E-state index contributed by atoms with van der Waals surface area (Å²) in [4.78, 5) is 0.684. The van der Waals surface area contributed by atoms with Crippen LogP contribution in [0.5, 0.6) is 0 Å². The summed E-state index contributed by atoms with van der Waals surface area (Å²) >= 11 is 0. The molecule has 2 nitrogen and oxygen atoms in total. The van der Waals surface area contributed by atoms with Crippen LogP contribution < -0.4 is 0 Å². The van der Waals surface area contributed by atoms with Gasteiger partial charge in [0.25, 0.3) is 0 Å². The van der Waals surface area contributed by atoms with Crippen LogP contribution in [0.15, 0.2) is 53.8 Å². The lowest BCUT2D eigenvalue weighted by molar-refractivity contribution is -0.143. The number of allylic oxidation sites excluding steroid dienone is 2. The van der Waals surface area contributed by atoms with E-state index in [0.29, 0.717) is 11.0 Å². The molecule has 1 aliphatic heterocycles. The second-order valence-corrected chi connectivity index (χ2v) is 4.85. The lowest BCUT2D eigenvalue weighted by atomic mass is 9.91. The van der Waals surface area contributed by atoms with Crippen LogP contribution in [0.3, 0.4) is 0 Å². The van der Waals surface area contributed by atoms with E-state index in [1.165, 1.54) is 30.3 Å². The van der Waals surface area contributed by atoms with Crippen molar-refractivity contribution in [3.05, 3.63) is 59.3 Å². The predicted molar refractivity (Wildman–Crippen MR) is 69.8 cm³/mol. The lowest BCUT2D eigenvalue weighted by Crippen LogP contribution is -2.37. The average Bonchev–Trinajstić information content (AvgIpc) is 2.44. The Morgan fingerprint density at radius 2 is 1.65 bits per heavy atom. The highest BCUT2D eigenvalue weighted by molar-refractivity contribution is 5.48. The molecule has 0 bridgehead atoms. The molecule has 23 heavy (non-hydrogen) atoms. The Morgan fingerprint density at radius 1 is 1.04 bits per heavy atom. The zero-order valence-electron chi connectivity index (χ0n) is 11.5. The van der Waals surface area contributed by atoms with E-state index in [2.05, 4.69) is 0 Å². The van der Waals surface area contributed by atoms with E-state index in [0.717, 1.165) is 6.20 Å². The number of benzene rings is 1. The molecule has 0 radical (unpaired) electrons. The van der Waals surface area contributed by atoms with Gasteiger partial charge in [0.1, 0.15) is 6.54 Å². The first kappa shape index (κ1) is 16.9. The third-order valence-corrected chi connectivity index (χ3v) is 3.23. The van der Waals surface area contributed by atoms with Crippen molar-refractivity contribution >= 4 is 0 Å². The molecule has 1 unspecified atom stereocenters. The minimum Gasteiger partial charge on any atom is -0.357 e. The van der Waals surface area contributed by atoms with Gasteiger partial charge < -0.3 is 4.90 Å². The van der Waals surface area contributed by atoms with Gasteiger partial charge in [-0.1, -0.05) is 30.3 Å². The van der Waals surface area contributed by atoms with Crippen LogP contribution in [-0.4, -0.2) is 23.8 Å². The van der Waals surface area contributed by atoms with E-state index >= 15 is 0 Å². The van der Waals surface area contributed by atoms with Gasteiger partial charge in [0.05, 0.1) is 23.3 Å². The maximum Gasteiger partial charge on any atom is 0.417 e. The van der Waals surface area contributed by atoms with Gasteiger partial charge in [-0.2, -0.15) is 31.6 Å². The summed E-state index contributed by atoms with van der Waals surface area (Å²) in [5.41, 5.74) is -1.80. The number of hydrogen-bond donors (Lipinski definition) is 0. The summed E-state index contributed by atoms with van der Waals surface area (Å²) in [7, 11) is 0. The summed E-state index contributed by atoms with van der Waals surface area (Å²) in [6, 6.07) is 7.31. The highest BCUT2D eigenvalue weighted by Gasteiger charge is 2.42. The van der Waals surface area contributed by atoms with Crippen molar-refractivity contribution in [2.45, 2.75) is 18.4 Å². The zero-order chi connectivity index (χ0) is 17.3. The Kier molecular flexibility index (Phi) is 4.41. The molecular formula is C15H10F6N2. The molecule has 1 aromatic carbocycles. The molecule has 1 heterocycles. The van der Waals surface area contributed by atoms with Crippen molar-refractivity contribution in [1.29, 1.82) is 5.26 Å². The third kappa shape index (κ3) is 3.86. The van der Waals surface area contributed by atoms with Crippen LogP contribution in [0, 0.1) is 11.3 Å². The molecule has 122 valence electrons. The Hall–Kier alpha value is -2.43. The third-order valence-electron chi connectivity index (χ3n) is 3.23. The van der Waals surface area contributed by atoms with Gasteiger partial charge in [0.2, 0.25) is 0 Å². The number of alkyl halides is 6. The molecule has 0 aromatic heterocycles. The van der Waals surface area contributed by atoms with E-state index < -0.39 is 36.1 Å². The van der Waals surface area contributed by atoms with Crippen molar-refractivity contribution in [1.82, 2.24) is 4.90 Å². The molecule has 0 aliphatic carbocycles. The van der Waals surface area contributed by atoms with Crippen LogP contribution >= 0.6 is 0 Å². The predicted octanol–water partition coefficient (Wildman–Crippen LogP) is 4.50. The topological polar surface area (TPSA) is 27.0 Å². The van der Waals surface area contributed by atoms with Crippen molar-refractivity contribution in [2.24, 2.45) is 0 Å². The van der Waals surface area contributed by atoms with Gasteiger partial charge in [-0.15, -0.1) is 0 Å². The lowest BCUT2D eigenvalue weighted by Gasteiger charge is -2.35. The van der Waals surface area contributed by atoms with Gasteiger partial charge in [-0.25, -0.2) is 0 Å². The van der Waals surface area contributed by atoms with Crippen molar-refractivity contribution in [2.75, 3.05) is 6.54 Å². The Morgan fingerprint density at radius 3 is 2.13 bits per heavy atom. The number of hydrogen-bond acceptors (Lipinski definition) is 2. The molecule has 0 saturated heterocycles. The van der Waals surface area contributed by atoms with Crippen molar-refractivity contribution < 1.29 is 26.3 Å². The molecule has 0 amide bonds. The first-order valence-electron chi connectivity index (χ1n) is 6.40. The fourth-order valence-electron chi connectivity index (χ4n) is 2.37. The molecule has 1 aliphatic rings. The summed E-state index contributed by atoms with van der Waals surface area (Å²) in [5, 5.41) is 9.12.